The molecule has 214 valence electrons. The fourth-order valence-electron chi connectivity index (χ4n) is 8.77. The third-order valence-electron chi connectivity index (χ3n) is 10.9. The molecule has 3 aromatic rings. The number of aromatic nitrogens is 1. The Labute approximate surface area is 241 Å². The number of aromatic amines is 1. The number of carbonyl (C=O) groups is 1. The average molecular weight is 555 g/mol. The Morgan fingerprint density at radius 3 is 2.51 bits per heavy atom. The zero-order valence-corrected chi connectivity index (χ0v) is 24.3. The number of piperazine rings is 1. The first kappa shape index (κ1) is 25.1. The van der Waals surface area contributed by atoms with Crippen molar-refractivity contribution in [3.8, 4) is 17.2 Å². The lowest BCUT2D eigenvalue weighted by Gasteiger charge is -2.57. The van der Waals surface area contributed by atoms with E-state index in [1.54, 1.807) is 14.2 Å². The predicted molar refractivity (Wildman–Crippen MR) is 157 cm³/mol. The van der Waals surface area contributed by atoms with Gasteiger partial charge in [0, 0.05) is 48.9 Å². The number of piperidine rings is 1. The summed E-state index contributed by atoms with van der Waals surface area (Å²) in [4.78, 5) is 24.6. The van der Waals surface area contributed by atoms with Crippen LogP contribution in [0.3, 0.4) is 0 Å². The van der Waals surface area contributed by atoms with Gasteiger partial charge in [0.2, 0.25) is 0 Å². The van der Waals surface area contributed by atoms with Gasteiger partial charge in [-0.15, -0.1) is 0 Å². The highest BCUT2D eigenvalue weighted by Gasteiger charge is 2.65. The van der Waals surface area contributed by atoms with Crippen LogP contribution in [0.2, 0.25) is 0 Å². The molecule has 2 bridgehead atoms. The standard InChI is InChI=1S/C33H38N4O4/c1-19-23-18-24-25-17-20-5-10-26(40-4)30-27(20)33(24,11-12-35(25)2)31(41-30)29(23)34-28(19)32(38)37-15-13-36(14-16-37)21-6-8-22(39-3)9-7-21/h5-10,24-25,31,34H,11-18H2,1-4H3/t24?,25-,31+,33+/m1/s1. The van der Waals surface area contributed by atoms with Crippen molar-refractivity contribution in [1.29, 1.82) is 0 Å². The van der Waals surface area contributed by atoms with Crippen LogP contribution in [0, 0.1) is 12.8 Å². The van der Waals surface area contributed by atoms with Crippen LogP contribution in [0.5, 0.6) is 17.2 Å². The lowest BCUT2D eigenvalue weighted by molar-refractivity contribution is -0.0256. The Kier molecular flexibility index (Phi) is 5.46. The lowest BCUT2D eigenvalue weighted by atomic mass is 9.51. The minimum atomic E-state index is -0.120. The molecule has 8 heteroatoms. The molecule has 8 rings (SSSR count). The second-order valence-electron chi connectivity index (χ2n) is 12.5. The zero-order valence-electron chi connectivity index (χ0n) is 24.3. The van der Waals surface area contributed by atoms with E-state index in [2.05, 4.69) is 53.0 Å². The summed E-state index contributed by atoms with van der Waals surface area (Å²) in [5.41, 5.74) is 8.07. The van der Waals surface area contributed by atoms with Gasteiger partial charge in [0.1, 0.15) is 17.5 Å². The molecular formula is C33H38N4O4. The van der Waals surface area contributed by atoms with Crippen molar-refractivity contribution in [3.05, 3.63) is 70.0 Å². The molecule has 4 heterocycles. The van der Waals surface area contributed by atoms with E-state index >= 15 is 0 Å². The van der Waals surface area contributed by atoms with Crippen molar-refractivity contribution in [1.82, 2.24) is 14.8 Å². The summed E-state index contributed by atoms with van der Waals surface area (Å²) in [5.74, 6) is 3.14. The summed E-state index contributed by atoms with van der Waals surface area (Å²) in [6, 6.07) is 13.0. The Bertz CT molecular complexity index is 1540. The number of carbonyl (C=O) groups excluding carboxylic acids is 1. The number of hydrogen-bond donors (Lipinski definition) is 1. The molecule has 8 nitrogen and oxygen atoms in total. The quantitative estimate of drug-likeness (QED) is 0.524. The molecule has 1 unspecified atom stereocenters. The number of likely N-dealkylation sites (N-methyl/N-ethyl adjacent to an activating group) is 1. The maximum atomic E-state index is 14.0. The van der Waals surface area contributed by atoms with Crippen LogP contribution in [0.4, 0.5) is 5.69 Å². The topological polar surface area (TPSA) is 70.3 Å². The number of nitrogens with zero attached hydrogens (tertiary/aromatic N) is 3. The van der Waals surface area contributed by atoms with E-state index < -0.39 is 0 Å². The molecule has 2 aromatic carbocycles. The Morgan fingerprint density at radius 1 is 1.00 bits per heavy atom. The van der Waals surface area contributed by atoms with Crippen molar-refractivity contribution in [2.24, 2.45) is 5.92 Å². The molecule has 0 radical (unpaired) electrons. The molecule has 1 aromatic heterocycles. The zero-order chi connectivity index (χ0) is 28.0. The van der Waals surface area contributed by atoms with E-state index in [1.807, 2.05) is 17.0 Å². The van der Waals surface area contributed by atoms with Crippen LogP contribution < -0.4 is 19.1 Å². The van der Waals surface area contributed by atoms with E-state index in [4.69, 9.17) is 14.2 Å². The van der Waals surface area contributed by atoms with Gasteiger partial charge in [0.25, 0.3) is 5.91 Å². The van der Waals surface area contributed by atoms with Gasteiger partial charge in [0.05, 0.1) is 19.9 Å². The first-order valence-corrected chi connectivity index (χ1v) is 14.9. The lowest BCUT2D eigenvalue weighted by Crippen LogP contribution is -2.62. The molecule has 5 aliphatic rings. The SMILES string of the molecule is COc1ccc(N2CCN(C(=O)c3[nH]c4c(c3C)CC3[C@H]5Cc6ccc(OC)c7c6[C@@]3(CCN5C)[C@H]4O7)CC2)cc1. The van der Waals surface area contributed by atoms with Gasteiger partial charge < -0.3 is 33.9 Å². The fourth-order valence-corrected chi connectivity index (χ4v) is 8.77. The van der Waals surface area contributed by atoms with Crippen molar-refractivity contribution in [2.75, 3.05) is 58.9 Å². The van der Waals surface area contributed by atoms with Crippen LogP contribution in [0.15, 0.2) is 36.4 Å². The molecule has 2 fully saturated rings. The number of amides is 1. The van der Waals surface area contributed by atoms with Crippen LogP contribution >= 0.6 is 0 Å². The summed E-state index contributed by atoms with van der Waals surface area (Å²) >= 11 is 0. The number of anilines is 1. The van der Waals surface area contributed by atoms with Gasteiger partial charge >= 0.3 is 0 Å². The van der Waals surface area contributed by atoms with Gasteiger partial charge in [0.15, 0.2) is 11.5 Å². The van der Waals surface area contributed by atoms with Crippen molar-refractivity contribution in [3.63, 3.8) is 0 Å². The molecule has 41 heavy (non-hydrogen) atoms. The van der Waals surface area contributed by atoms with E-state index in [-0.39, 0.29) is 17.4 Å². The normalized spacial score (nSPS) is 27.7. The summed E-state index contributed by atoms with van der Waals surface area (Å²) in [6.07, 6.45) is 2.94. The molecule has 2 saturated heterocycles. The van der Waals surface area contributed by atoms with Crippen molar-refractivity contribution < 1.29 is 19.0 Å². The monoisotopic (exact) mass is 554 g/mol. The molecule has 1 N–H and O–H groups in total. The highest BCUT2D eigenvalue weighted by molar-refractivity contribution is 5.95. The first-order valence-electron chi connectivity index (χ1n) is 14.9. The molecule has 4 atom stereocenters. The Morgan fingerprint density at radius 2 is 1.78 bits per heavy atom. The van der Waals surface area contributed by atoms with Crippen LogP contribution in [0.25, 0.3) is 0 Å². The molecule has 0 saturated carbocycles. The van der Waals surface area contributed by atoms with Crippen molar-refractivity contribution >= 4 is 11.6 Å². The first-order chi connectivity index (χ1) is 19.9. The van der Waals surface area contributed by atoms with Gasteiger partial charge in [-0.25, -0.2) is 0 Å². The molecular weight excluding hydrogens is 516 g/mol. The summed E-state index contributed by atoms with van der Waals surface area (Å²) in [7, 11) is 5.69. The van der Waals surface area contributed by atoms with Gasteiger partial charge in [-0.1, -0.05) is 6.07 Å². The number of benzene rings is 2. The average Bonchev–Trinajstić information content (AvgIpc) is 3.53. The number of methoxy groups -OCH3 is 2. The minimum Gasteiger partial charge on any atom is -0.497 e. The highest BCUT2D eigenvalue weighted by Crippen LogP contribution is 2.67. The molecule has 3 aliphatic heterocycles. The van der Waals surface area contributed by atoms with E-state index in [0.717, 1.165) is 78.8 Å². The smallest absolute Gasteiger partial charge is 0.270 e. The number of ether oxygens (including phenoxy) is 3. The summed E-state index contributed by atoms with van der Waals surface area (Å²) in [5, 5.41) is 0. The number of fused-ring (bicyclic) bond motifs is 2. The number of nitrogens with one attached hydrogen (secondary N) is 1. The number of H-pyrrole nitrogens is 1. The van der Waals surface area contributed by atoms with E-state index in [9.17, 15) is 4.79 Å². The maximum absolute atomic E-state index is 14.0. The molecule has 2 aliphatic carbocycles. The highest BCUT2D eigenvalue weighted by atomic mass is 16.5. The van der Waals surface area contributed by atoms with Crippen molar-refractivity contribution in [2.45, 2.75) is 43.7 Å². The third-order valence-corrected chi connectivity index (χ3v) is 10.9. The van der Waals surface area contributed by atoms with Crippen LogP contribution in [0.1, 0.15) is 51.0 Å². The summed E-state index contributed by atoms with van der Waals surface area (Å²) in [6.45, 7) is 6.18. The summed E-state index contributed by atoms with van der Waals surface area (Å²) < 4.78 is 18.0. The molecule has 1 amide bonds. The van der Waals surface area contributed by atoms with Gasteiger partial charge in [-0.3, -0.25) is 4.79 Å². The fraction of sp³-hybridized carbons (Fsp3) is 0.485. The van der Waals surface area contributed by atoms with E-state index in [0.29, 0.717) is 25.0 Å². The Hall–Kier alpha value is -3.65. The number of rotatable bonds is 4. The van der Waals surface area contributed by atoms with Gasteiger partial charge in [-0.05, 0) is 92.7 Å². The van der Waals surface area contributed by atoms with Crippen LogP contribution in [-0.4, -0.2) is 80.7 Å². The number of hydrogen-bond acceptors (Lipinski definition) is 6. The number of likely N-dealkylation sites (tertiary alicyclic amines) is 1. The maximum Gasteiger partial charge on any atom is 0.270 e. The predicted octanol–water partition coefficient (Wildman–Crippen LogP) is 4.11. The van der Waals surface area contributed by atoms with Crippen LogP contribution in [-0.2, 0) is 18.3 Å². The Balaban J connectivity index is 1.11. The largest absolute Gasteiger partial charge is 0.497 e. The second kappa shape index (κ2) is 8.92. The van der Waals surface area contributed by atoms with E-state index in [1.165, 1.54) is 16.7 Å². The molecule has 1 spiro atoms. The van der Waals surface area contributed by atoms with Gasteiger partial charge in [-0.2, -0.15) is 0 Å². The third kappa shape index (κ3) is 3.34. The minimum absolute atomic E-state index is 0.0801. The second-order valence-corrected chi connectivity index (χ2v) is 12.5.